The van der Waals surface area contributed by atoms with Crippen LogP contribution in [0, 0.1) is 17.6 Å². The molecule has 2 aromatic heterocycles. The number of carbonyl (C=O) groups excluding carboxylic acids is 1. The summed E-state index contributed by atoms with van der Waals surface area (Å²) in [6, 6.07) is 6.05. The largest absolute Gasteiger partial charge is 0.361 e. The van der Waals surface area contributed by atoms with Crippen LogP contribution < -0.4 is 16.0 Å². The number of anilines is 4. The Kier molecular flexibility index (Phi) is 4.81. The number of pyridine rings is 1. The molecule has 0 aliphatic carbocycles. The number of hydrogen-bond acceptors (Lipinski definition) is 7. The van der Waals surface area contributed by atoms with Crippen molar-refractivity contribution in [3.05, 3.63) is 53.9 Å². The van der Waals surface area contributed by atoms with Gasteiger partial charge in [-0.2, -0.15) is 0 Å². The Hall–Kier alpha value is -3.62. The zero-order chi connectivity index (χ0) is 21.5. The van der Waals surface area contributed by atoms with E-state index in [1.54, 1.807) is 18.2 Å². The van der Waals surface area contributed by atoms with Crippen LogP contribution >= 0.6 is 0 Å². The molecular formula is C21H20F2N6O. The normalized spacial score (nSPS) is 17.3. The molecule has 0 saturated heterocycles. The van der Waals surface area contributed by atoms with E-state index in [0.717, 1.165) is 6.20 Å². The molecule has 3 aromatic rings. The van der Waals surface area contributed by atoms with Crippen LogP contribution in [0.25, 0.3) is 11.3 Å². The molecule has 0 fully saturated rings. The average molecular weight is 410 g/mol. The van der Waals surface area contributed by atoms with Crippen molar-refractivity contribution in [3.8, 4) is 11.3 Å². The van der Waals surface area contributed by atoms with E-state index in [0.29, 0.717) is 29.0 Å². The lowest BCUT2D eigenvalue weighted by Crippen LogP contribution is -2.43. The van der Waals surface area contributed by atoms with Crippen LogP contribution in [0.2, 0.25) is 0 Å². The van der Waals surface area contributed by atoms with E-state index in [1.807, 2.05) is 20.8 Å². The highest BCUT2D eigenvalue weighted by atomic mass is 19.1. The number of aromatic nitrogens is 3. The first-order valence-corrected chi connectivity index (χ1v) is 9.40. The maximum atomic E-state index is 14.8. The van der Waals surface area contributed by atoms with E-state index >= 15 is 0 Å². The van der Waals surface area contributed by atoms with Gasteiger partial charge in [0.2, 0.25) is 5.95 Å². The fourth-order valence-corrected chi connectivity index (χ4v) is 3.12. The number of halogens is 2. The number of hydrogen-bond donors (Lipinski definition) is 3. The quantitative estimate of drug-likeness (QED) is 0.530. The number of fused-ring (bicyclic) bond motifs is 1. The summed E-state index contributed by atoms with van der Waals surface area (Å²) >= 11 is 0. The fraction of sp³-hybridized carbons (Fsp3) is 0.238. The summed E-state index contributed by atoms with van der Waals surface area (Å²) in [5, 5.41) is 9.29. The minimum absolute atomic E-state index is 0.0429. The molecule has 0 saturated carbocycles. The Morgan fingerprint density at radius 1 is 1.10 bits per heavy atom. The number of carbonyl (C=O) groups is 1. The number of aldehydes is 1. The zero-order valence-electron chi connectivity index (χ0n) is 16.6. The summed E-state index contributed by atoms with van der Waals surface area (Å²) in [6.07, 6.45) is 3.08. The number of benzene rings is 1. The molecule has 1 aliphatic heterocycles. The van der Waals surface area contributed by atoms with Gasteiger partial charge in [0.15, 0.2) is 12.1 Å². The molecule has 1 atom stereocenters. The van der Waals surface area contributed by atoms with E-state index in [4.69, 9.17) is 0 Å². The average Bonchev–Trinajstić information content (AvgIpc) is 3.08. The SMILES string of the molecule is CC(C)C1(C)Nc2cc(-c3nc(Nc4ccc(C=O)cn4)ncc3F)cc(F)c2N1. The molecular weight excluding hydrogens is 390 g/mol. The Labute approximate surface area is 172 Å². The predicted molar refractivity (Wildman–Crippen MR) is 111 cm³/mol. The smallest absolute Gasteiger partial charge is 0.229 e. The first kappa shape index (κ1) is 19.7. The molecule has 9 heteroatoms. The van der Waals surface area contributed by atoms with Gasteiger partial charge in [0, 0.05) is 17.3 Å². The van der Waals surface area contributed by atoms with Crippen LogP contribution in [0.1, 0.15) is 31.1 Å². The Balaban J connectivity index is 1.67. The van der Waals surface area contributed by atoms with Gasteiger partial charge in [0.1, 0.15) is 23.0 Å². The Bertz CT molecular complexity index is 1120. The van der Waals surface area contributed by atoms with Gasteiger partial charge in [-0.3, -0.25) is 4.79 Å². The Morgan fingerprint density at radius 3 is 2.57 bits per heavy atom. The maximum absolute atomic E-state index is 14.8. The van der Waals surface area contributed by atoms with E-state index in [1.165, 1.54) is 12.3 Å². The molecule has 3 heterocycles. The second kappa shape index (κ2) is 7.33. The molecule has 7 nitrogen and oxygen atoms in total. The molecule has 0 bridgehead atoms. The summed E-state index contributed by atoms with van der Waals surface area (Å²) in [6.45, 7) is 5.97. The molecule has 4 rings (SSSR count). The Morgan fingerprint density at radius 2 is 1.90 bits per heavy atom. The van der Waals surface area contributed by atoms with Crippen molar-refractivity contribution >= 4 is 29.4 Å². The molecule has 1 unspecified atom stereocenters. The lowest BCUT2D eigenvalue weighted by molar-refractivity contribution is 0.112. The van der Waals surface area contributed by atoms with Crippen LogP contribution in [0.15, 0.2) is 36.7 Å². The number of nitrogens with zero attached hydrogens (tertiary/aromatic N) is 3. The van der Waals surface area contributed by atoms with Gasteiger partial charge in [0.25, 0.3) is 0 Å². The monoisotopic (exact) mass is 410 g/mol. The van der Waals surface area contributed by atoms with Crippen molar-refractivity contribution in [1.82, 2.24) is 15.0 Å². The van der Waals surface area contributed by atoms with Gasteiger partial charge in [-0.05, 0) is 37.1 Å². The number of rotatable bonds is 5. The van der Waals surface area contributed by atoms with Crippen molar-refractivity contribution in [2.75, 3.05) is 16.0 Å². The zero-order valence-corrected chi connectivity index (χ0v) is 16.6. The van der Waals surface area contributed by atoms with Gasteiger partial charge >= 0.3 is 0 Å². The molecule has 30 heavy (non-hydrogen) atoms. The van der Waals surface area contributed by atoms with Gasteiger partial charge in [0.05, 0.1) is 17.6 Å². The van der Waals surface area contributed by atoms with Crippen LogP contribution in [0.5, 0.6) is 0 Å². The lowest BCUT2D eigenvalue weighted by atomic mass is 9.99. The third-order valence-electron chi connectivity index (χ3n) is 5.20. The van der Waals surface area contributed by atoms with Crippen LogP contribution in [-0.2, 0) is 0 Å². The van der Waals surface area contributed by atoms with Crippen LogP contribution in [0.3, 0.4) is 0 Å². The summed E-state index contributed by atoms with van der Waals surface area (Å²) in [5.74, 6) is -0.522. The third kappa shape index (κ3) is 3.54. The van der Waals surface area contributed by atoms with E-state index < -0.39 is 17.3 Å². The molecule has 1 aliphatic rings. The van der Waals surface area contributed by atoms with E-state index in [9.17, 15) is 13.6 Å². The highest BCUT2D eigenvalue weighted by molar-refractivity contribution is 5.82. The standard InChI is InChI=1S/C21H20F2N6O/c1-11(2)21(3)28-16-7-13(6-14(22)19(16)29-21)18-15(23)9-25-20(27-18)26-17-5-4-12(10-30)8-24-17/h4-11,28-29H,1-3H3,(H,24,25,26,27). The van der Waals surface area contributed by atoms with Crippen molar-refractivity contribution in [1.29, 1.82) is 0 Å². The third-order valence-corrected chi connectivity index (χ3v) is 5.20. The molecule has 154 valence electrons. The summed E-state index contributed by atoms with van der Waals surface area (Å²) in [7, 11) is 0. The van der Waals surface area contributed by atoms with Crippen molar-refractivity contribution in [3.63, 3.8) is 0 Å². The van der Waals surface area contributed by atoms with Crippen molar-refractivity contribution < 1.29 is 13.6 Å². The van der Waals surface area contributed by atoms with Crippen LogP contribution in [-0.4, -0.2) is 26.9 Å². The first-order valence-electron chi connectivity index (χ1n) is 9.40. The number of nitrogens with one attached hydrogen (secondary N) is 3. The molecule has 3 N–H and O–H groups in total. The van der Waals surface area contributed by atoms with Crippen LogP contribution in [0.4, 0.5) is 31.9 Å². The maximum Gasteiger partial charge on any atom is 0.229 e. The highest BCUT2D eigenvalue weighted by Crippen LogP contribution is 2.41. The molecule has 0 spiro atoms. The van der Waals surface area contributed by atoms with E-state index in [2.05, 4.69) is 30.9 Å². The minimum Gasteiger partial charge on any atom is -0.361 e. The lowest BCUT2D eigenvalue weighted by Gasteiger charge is -2.30. The van der Waals surface area contributed by atoms with Crippen molar-refractivity contribution in [2.24, 2.45) is 5.92 Å². The van der Waals surface area contributed by atoms with Gasteiger partial charge in [-0.25, -0.2) is 23.7 Å². The second-order valence-electron chi connectivity index (χ2n) is 7.60. The van der Waals surface area contributed by atoms with E-state index in [-0.39, 0.29) is 23.1 Å². The summed E-state index contributed by atoms with van der Waals surface area (Å²) in [5.41, 5.74) is 1.03. The predicted octanol–water partition coefficient (Wildman–Crippen LogP) is 4.58. The molecule has 1 aromatic carbocycles. The summed E-state index contributed by atoms with van der Waals surface area (Å²) in [4.78, 5) is 22.9. The fourth-order valence-electron chi connectivity index (χ4n) is 3.12. The topological polar surface area (TPSA) is 91.8 Å². The van der Waals surface area contributed by atoms with Crippen molar-refractivity contribution in [2.45, 2.75) is 26.4 Å². The molecule has 0 radical (unpaired) electrons. The van der Waals surface area contributed by atoms with Gasteiger partial charge < -0.3 is 16.0 Å². The van der Waals surface area contributed by atoms with Gasteiger partial charge in [-0.1, -0.05) is 13.8 Å². The summed E-state index contributed by atoms with van der Waals surface area (Å²) < 4.78 is 29.3. The van der Waals surface area contributed by atoms with Gasteiger partial charge in [-0.15, -0.1) is 0 Å². The minimum atomic E-state index is -0.679. The second-order valence-corrected chi connectivity index (χ2v) is 7.60. The molecule has 0 amide bonds. The first-order chi connectivity index (χ1) is 14.3. The highest BCUT2D eigenvalue weighted by Gasteiger charge is 2.36.